The van der Waals surface area contributed by atoms with Crippen molar-refractivity contribution in [2.45, 2.75) is 6.18 Å². The standard InChI is InChI=1S/C20H14F3N5O/c21-20(22,23)14-5-2-6-15(10-14)27-18-19-26-11-16(28(19)8-7-25-18)12-3-1-4-13(9-12)17(24)29/h1-11H,(H2,24,29)(H,25,27). The van der Waals surface area contributed by atoms with Crippen LogP contribution in [-0.4, -0.2) is 20.3 Å². The number of halogens is 3. The van der Waals surface area contributed by atoms with E-state index in [9.17, 15) is 18.0 Å². The minimum absolute atomic E-state index is 0.237. The fraction of sp³-hybridized carbons (Fsp3) is 0.0500. The average molecular weight is 397 g/mol. The molecule has 0 atom stereocenters. The molecule has 0 radical (unpaired) electrons. The summed E-state index contributed by atoms with van der Waals surface area (Å²) in [4.78, 5) is 20.0. The highest BCUT2D eigenvalue weighted by Crippen LogP contribution is 2.32. The first-order chi connectivity index (χ1) is 13.8. The Morgan fingerprint density at radius 2 is 1.86 bits per heavy atom. The zero-order valence-corrected chi connectivity index (χ0v) is 14.8. The van der Waals surface area contributed by atoms with E-state index in [4.69, 9.17) is 5.73 Å². The van der Waals surface area contributed by atoms with E-state index in [-0.39, 0.29) is 5.69 Å². The normalized spacial score (nSPS) is 11.6. The molecule has 9 heteroatoms. The van der Waals surface area contributed by atoms with Gasteiger partial charge >= 0.3 is 6.18 Å². The molecule has 3 N–H and O–H groups in total. The van der Waals surface area contributed by atoms with Crippen LogP contribution in [0.5, 0.6) is 0 Å². The number of nitrogens with two attached hydrogens (primary N) is 1. The maximum Gasteiger partial charge on any atom is 0.416 e. The molecule has 0 fully saturated rings. The van der Waals surface area contributed by atoms with Crippen LogP contribution in [0.4, 0.5) is 24.7 Å². The van der Waals surface area contributed by atoms with E-state index in [1.54, 1.807) is 41.1 Å². The van der Waals surface area contributed by atoms with Crippen molar-refractivity contribution in [3.05, 3.63) is 78.2 Å². The molecular weight excluding hydrogens is 383 g/mol. The Balaban J connectivity index is 1.74. The number of hydrogen-bond donors (Lipinski definition) is 2. The van der Waals surface area contributed by atoms with Gasteiger partial charge in [-0.1, -0.05) is 18.2 Å². The number of nitrogens with one attached hydrogen (secondary N) is 1. The molecule has 6 nitrogen and oxygen atoms in total. The van der Waals surface area contributed by atoms with Crippen LogP contribution in [0.3, 0.4) is 0 Å². The van der Waals surface area contributed by atoms with Crippen LogP contribution in [0.1, 0.15) is 15.9 Å². The van der Waals surface area contributed by atoms with Crippen LogP contribution < -0.4 is 11.1 Å². The summed E-state index contributed by atoms with van der Waals surface area (Å²) in [6, 6.07) is 11.6. The molecule has 4 rings (SSSR count). The Kier molecular flexibility index (Phi) is 4.42. The monoisotopic (exact) mass is 397 g/mol. The van der Waals surface area contributed by atoms with E-state index in [1.165, 1.54) is 18.3 Å². The number of aromatic nitrogens is 3. The summed E-state index contributed by atoms with van der Waals surface area (Å²) >= 11 is 0. The Bertz CT molecular complexity index is 1220. The van der Waals surface area contributed by atoms with Gasteiger partial charge in [0.1, 0.15) is 0 Å². The first kappa shape index (κ1) is 18.5. The first-order valence-electron chi connectivity index (χ1n) is 8.49. The third-order valence-electron chi connectivity index (χ3n) is 4.32. The van der Waals surface area contributed by atoms with Gasteiger partial charge in [-0.05, 0) is 30.3 Å². The Morgan fingerprint density at radius 3 is 2.62 bits per heavy atom. The molecule has 2 heterocycles. The molecule has 1 amide bonds. The number of primary amides is 1. The van der Waals surface area contributed by atoms with E-state index >= 15 is 0 Å². The van der Waals surface area contributed by atoms with Crippen molar-refractivity contribution in [1.29, 1.82) is 0 Å². The molecule has 2 aromatic carbocycles. The lowest BCUT2D eigenvalue weighted by molar-refractivity contribution is -0.137. The molecule has 0 bridgehead atoms. The minimum atomic E-state index is -4.44. The maximum absolute atomic E-state index is 12.9. The molecule has 29 heavy (non-hydrogen) atoms. The van der Waals surface area contributed by atoms with E-state index in [0.717, 1.165) is 12.1 Å². The molecule has 0 aliphatic heterocycles. The number of fused-ring (bicyclic) bond motifs is 1. The summed E-state index contributed by atoms with van der Waals surface area (Å²) in [5.41, 5.74) is 6.98. The first-order valence-corrected chi connectivity index (χ1v) is 8.49. The van der Waals surface area contributed by atoms with E-state index in [1.807, 2.05) is 0 Å². The van der Waals surface area contributed by atoms with Gasteiger partial charge in [-0.3, -0.25) is 9.20 Å². The van der Waals surface area contributed by atoms with Crippen molar-refractivity contribution in [1.82, 2.24) is 14.4 Å². The minimum Gasteiger partial charge on any atom is -0.366 e. The van der Waals surface area contributed by atoms with E-state index in [0.29, 0.717) is 28.3 Å². The number of anilines is 2. The summed E-state index contributed by atoms with van der Waals surface area (Å²) in [6.45, 7) is 0. The summed E-state index contributed by atoms with van der Waals surface area (Å²) < 4.78 is 40.6. The lowest BCUT2D eigenvalue weighted by atomic mass is 10.1. The molecule has 0 aliphatic rings. The van der Waals surface area contributed by atoms with Crippen LogP contribution in [0.2, 0.25) is 0 Å². The van der Waals surface area contributed by atoms with Crippen LogP contribution in [0.25, 0.3) is 16.9 Å². The van der Waals surface area contributed by atoms with Crippen molar-refractivity contribution >= 4 is 23.1 Å². The van der Waals surface area contributed by atoms with Crippen molar-refractivity contribution < 1.29 is 18.0 Å². The summed E-state index contributed by atoms with van der Waals surface area (Å²) in [5.74, 6) is -0.252. The number of carbonyl (C=O) groups excluding carboxylic acids is 1. The molecule has 0 saturated carbocycles. The van der Waals surface area contributed by atoms with Gasteiger partial charge in [0, 0.05) is 29.2 Å². The second-order valence-corrected chi connectivity index (χ2v) is 6.26. The van der Waals surface area contributed by atoms with Crippen molar-refractivity contribution in [3.8, 4) is 11.3 Å². The van der Waals surface area contributed by atoms with Gasteiger partial charge in [0.25, 0.3) is 0 Å². The molecular formula is C20H14F3N5O. The topological polar surface area (TPSA) is 85.3 Å². The van der Waals surface area contributed by atoms with Crippen molar-refractivity contribution in [2.75, 3.05) is 5.32 Å². The van der Waals surface area contributed by atoms with Crippen LogP contribution in [0.15, 0.2) is 67.1 Å². The summed E-state index contributed by atoms with van der Waals surface area (Å²) in [7, 11) is 0. The summed E-state index contributed by atoms with van der Waals surface area (Å²) in [5, 5.41) is 2.89. The molecule has 0 unspecified atom stereocenters. The second kappa shape index (κ2) is 6.93. The van der Waals surface area contributed by atoms with Crippen LogP contribution in [-0.2, 0) is 6.18 Å². The third-order valence-corrected chi connectivity index (χ3v) is 4.32. The molecule has 0 aliphatic carbocycles. The zero-order valence-electron chi connectivity index (χ0n) is 14.8. The summed E-state index contributed by atoms with van der Waals surface area (Å²) in [6.07, 6.45) is 0.329. The number of rotatable bonds is 4. The van der Waals surface area contributed by atoms with Gasteiger partial charge in [-0.15, -0.1) is 0 Å². The Hall–Kier alpha value is -3.88. The predicted octanol–water partition coefficient (Wildman–Crippen LogP) is 4.26. The molecule has 0 spiro atoms. The number of imidazole rings is 1. The largest absolute Gasteiger partial charge is 0.416 e. The number of benzene rings is 2. The highest BCUT2D eigenvalue weighted by Gasteiger charge is 2.30. The second-order valence-electron chi connectivity index (χ2n) is 6.26. The number of alkyl halides is 3. The number of carbonyl (C=O) groups is 1. The number of amides is 1. The Morgan fingerprint density at radius 1 is 1.07 bits per heavy atom. The predicted molar refractivity (Wildman–Crippen MR) is 102 cm³/mol. The van der Waals surface area contributed by atoms with E-state index < -0.39 is 17.6 Å². The highest BCUT2D eigenvalue weighted by molar-refractivity contribution is 5.94. The van der Waals surface area contributed by atoms with E-state index in [2.05, 4.69) is 15.3 Å². The van der Waals surface area contributed by atoms with Gasteiger partial charge < -0.3 is 11.1 Å². The maximum atomic E-state index is 12.9. The third kappa shape index (κ3) is 3.62. The van der Waals surface area contributed by atoms with Gasteiger partial charge in [0.2, 0.25) is 5.91 Å². The number of nitrogens with zero attached hydrogens (tertiary/aromatic N) is 3. The average Bonchev–Trinajstić information content (AvgIpc) is 3.13. The quantitative estimate of drug-likeness (QED) is 0.539. The van der Waals surface area contributed by atoms with Gasteiger partial charge in [0.15, 0.2) is 11.5 Å². The van der Waals surface area contributed by atoms with Crippen molar-refractivity contribution in [2.24, 2.45) is 5.73 Å². The fourth-order valence-corrected chi connectivity index (χ4v) is 2.96. The Labute approximate surface area is 162 Å². The highest BCUT2D eigenvalue weighted by atomic mass is 19.4. The molecule has 2 aromatic heterocycles. The van der Waals surface area contributed by atoms with Gasteiger partial charge in [0.05, 0.1) is 17.5 Å². The lowest BCUT2D eigenvalue weighted by Gasteiger charge is -2.11. The van der Waals surface area contributed by atoms with Crippen LogP contribution in [0, 0.1) is 0 Å². The fourth-order valence-electron chi connectivity index (χ4n) is 2.96. The van der Waals surface area contributed by atoms with Crippen molar-refractivity contribution in [3.63, 3.8) is 0 Å². The van der Waals surface area contributed by atoms with Gasteiger partial charge in [-0.2, -0.15) is 13.2 Å². The molecule has 0 saturated heterocycles. The van der Waals surface area contributed by atoms with Crippen LogP contribution >= 0.6 is 0 Å². The number of hydrogen-bond acceptors (Lipinski definition) is 4. The van der Waals surface area contributed by atoms with Gasteiger partial charge in [-0.25, -0.2) is 9.97 Å². The smallest absolute Gasteiger partial charge is 0.366 e. The lowest BCUT2D eigenvalue weighted by Crippen LogP contribution is -2.10. The molecule has 4 aromatic rings. The molecule has 146 valence electrons. The SMILES string of the molecule is NC(=O)c1cccc(-c2cnc3c(Nc4cccc(C(F)(F)F)c4)nccn23)c1. The zero-order chi connectivity index (χ0) is 20.6.